The van der Waals surface area contributed by atoms with Gasteiger partial charge < -0.3 is 20.1 Å². The van der Waals surface area contributed by atoms with E-state index in [1.165, 1.54) is 0 Å². The topological polar surface area (TPSA) is 78.9 Å². The molecule has 1 aromatic rings. The zero-order valence-corrected chi connectivity index (χ0v) is 13.1. The molecule has 20 heavy (non-hydrogen) atoms. The van der Waals surface area contributed by atoms with Crippen LogP contribution in [0.5, 0.6) is 0 Å². The van der Waals surface area contributed by atoms with E-state index in [0.29, 0.717) is 13.1 Å². The van der Waals surface area contributed by atoms with Gasteiger partial charge in [0.15, 0.2) is 0 Å². The first-order chi connectivity index (χ1) is 9.38. The molecule has 2 rings (SSSR count). The highest BCUT2D eigenvalue weighted by Gasteiger charge is 2.42. The standard InChI is InChI=1S/C13H15IN2O4/c1-13(20-6-11(17)18)7-16(8-13)12(19)15-10-4-2-3-9(14)5-10/h2-5H,6-8H2,1H3,(H,15,19)(H,17,18). The number of amides is 2. The number of likely N-dealkylation sites (tertiary alicyclic amines) is 1. The van der Waals surface area contributed by atoms with E-state index >= 15 is 0 Å². The number of ether oxygens (including phenoxy) is 1. The third-order valence-electron chi connectivity index (χ3n) is 2.96. The second kappa shape index (κ2) is 5.96. The Balaban J connectivity index is 1.83. The van der Waals surface area contributed by atoms with Crippen molar-refractivity contribution < 1.29 is 19.4 Å². The number of carbonyl (C=O) groups is 2. The number of nitrogens with one attached hydrogen (secondary N) is 1. The van der Waals surface area contributed by atoms with Crippen LogP contribution in [-0.2, 0) is 9.53 Å². The summed E-state index contributed by atoms with van der Waals surface area (Å²) in [5.74, 6) is -1.01. The van der Waals surface area contributed by atoms with Crippen molar-refractivity contribution >= 4 is 40.3 Å². The molecule has 0 radical (unpaired) electrons. The highest BCUT2D eigenvalue weighted by Crippen LogP contribution is 2.25. The first-order valence-electron chi connectivity index (χ1n) is 6.05. The molecule has 0 atom stereocenters. The number of urea groups is 1. The number of anilines is 1. The number of carbonyl (C=O) groups excluding carboxylic acids is 1. The Morgan fingerprint density at radius 1 is 1.50 bits per heavy atom. The van der Waals surface area contributed by atoms with Crippen LogP contribution in [0.25, 0.3) is 0 Å². The van der Waals surface area contributed by atoms with E-state index in [4.69, 9.17) is 9.84 Å². The molecular weight excluding hydrogens is 375 g/mol. The van der Waals surface area contributed by atoms with E-state index in [9.17, 15) is 9.59 Å². The monoisotopic (exact) mass is 390 g/mol. The number of rotatable bonds is 4. The second-order valence-corrected chi connectivity index (χ2v) is 6.17. The van der Waals surface area contributed by atoms with Crippen molar-refractivity contribution in [2.45, 2.75) is 12.5 Å². The smallest absolute Gasteiger partial charge is 0.329 e. The highest BCUT2D eigenvalue weighted by atomic mass is 127. The normalized spacial score (nSPS) is 16.4. The number of carboxylic acids is 1. The minimum atomic E-state index is -1.01. The molecule has 1 fully saturated rings. The van der Waals surface area contributed by atoms with Crippen molar-refractivity contribution in [3.05, 3.63) is 27.8 Å². The Morgan fingerprint density at radius 2 is 2.20 bits per heavy atom. The van der Waals surface area contributed by atoms with Crippen LogP contribution in [0, 0.1) is 3.57 Å². The number of halogens is 1. The predicted octanol–water partition coefficient (Wildman–Crippen LogP) is 2.00. The van der Waals surface area contributed by atoms with Crippen LogP contribution in [-0.4, -0.2) is 47.3 Å². The van der Waals surface area contributed by atoms with E-state index in [-0.39, 0.29) is 12.6 Å². The maximum Gasteiger partial charge on any atom is 0.329 e. The van der Waals surface area contributed by atoms with Gasteiger partial charge in [-0.05, 0) is 47.7 Å². The molecule has 1 saturated heterocycles. The zero-order chi connectivity index (χ0) is 14.8. The number of hydrogen-bond donors (Lipinski definition) is 2. The Morgan fingerprint density at radius 3 is 2.80 bits per heavy atom. The maximum absolute atomic E-state index is 12.0. The quantitative estimate of drug-likeness (QED) is 0.771. The fourth-order valence-electron chi connectivity index (χ4n) is 2.00. The van der Waals surface area contributed by atoms with E-state index in [1.54, 1.807) is 11.8 Å². The third kappa shape index (κ3) is 3.83. The van der Waals surface area contributed by atoms with Crippen molar-refractivity contribution in [1.29, 1.82) is 0 Å². The molecule has 0 unspecified atom stereocenters. The summed E-state index contributed by atoms with van der Waals surface area (Å²) in [7, 11) is 0. The Bertz CT molecular complexity index is 529. The van der Waals surface area contributed by atoms with E-state index < -0.39 is 11.6 Å². The summed E-state index contributed by atoms with van der Waals surface area (Å²) in [4.78, 5) is 24.0. The fourth-order valence-corrected chi connectivity index (χ4v) is 2.54. The summed E-state index contributed by atoms with van der Waals surface area (Å²) in [6, 6.07) is 7.30. The van der Waals surface area contributed by atoms with Crippen molar-refractivity contribution in [2.75, 3.05) is 25.0 Å². The number of carboxylic acid groups (broad SMARTS) is 1. The van der Waals surface area contributed by atoms with Gasteiger partial charge in [-0.25, -0.2) is 9.59 Å². The number of benzene rings is 1. The van der Waals surface area contributed by atoms with Gasteiger partial charge in [0.1, 0.15) is 12.2 Å². The van der Waals surface area contributed by atoms with Gasteiger partial charge in [0.2, 0.25) is 0 Å². The summed E-state index contributed by atoms with van der Waals surface area (Å²) in [6.45, 7) is 2.22. The minimum Gasteiger partial charge on any atom is -0.480 e. The number of hydrogen-bond acceptors (Lipinski definition) is 3. The molecule has 108 valence electrons. The van der Waals surface area contributed by atoms with Crippen LogP contribution in [0.15, 0.2) is 24.3 Å². The van der Waals surface area contributed by atoms with Gasteiger partial charge in [0.05, 0.1) is 13.1 Å². The van der Waals surface area contributed by atoms with E-state index in [1.807, 2.05) is 24.3 Å². The minimum absolute atomic E-state index is 0.205. The van der Waals surface area contributed by atoms with E-state index in [0.717, 1.165) is 9.26 Å². The van der Waals surface area contributed by atoms with Crippen LogP contribution in [0.2, 0.25) is 0 Å². The summed E-state index contributed by atoms with van der Waals surface area (Å²) in [6.07, 6.45) is 0. The largest absolute Gasteiger partial charge is 0.480 e. The molecule has 6 nitrogen and oxygen atoms in total. The molecule has 0 bridgehead atoms. The predicted molar refractivity (Wildman–Crippen MR) is 81.7 cm³/mol. The van der Waals surface area contributed by atoms with Crippen LogP contribution < -0.4 is 5.32 Å². The second-order valence-electron chi connectivity index (χ2n) is 4.93. The van der Waals surface area contributed by atoms with Crippen molar-refractivity contribution in [1.82, 2.24) is 4.90 Å². The molecule has 0 spiro atoms. The van der Waals surface area contributed by atoms with Crippen LogP contribution in [0.4, 0.5) is 10.5 Å². The van der Waals surface area contributed by atoms with Gasteiger partial charge >= 0.3 is 12.0 Å². The molecule has 0 saturated carbocycles. The highest BCUT2D eigenvalue weighted by molar-refractivity contribution is 14.1. The van der Waals surface area contributed by atoms with Gasteiger partial charge in [-0.3, -0.25) is 0 Å². The third-order valence-corrected chi connectivity index (χ3v) is 3.63. The van der Waals surface area contributed by atoms with Gasteiger partial charge in [-0.1, -0.05) is 6.07 Å². The molecule has 1 aliphatic rings. The van der Waals surface area contributed by atoms with Crippen molar-refractivity contribution in [2.24, 2.45) is 0 Å². The average molecular weight is 390 g/mol. The zero-order valence-electron chi connectivity index (χ0n) is 10.9. The average Bonchev–Trinajstić information content (AvgIpc) is 2.33. The van der Waals surface area contributed by atoms with Gasteiger partial charge in [-0.2, -0.15) is 0 Å². The van der Waals surface area contributed by atoms with Gasteiger partial charge in [0.25, 0.3) is 0 Å². The Hall–Kier alpha value is -1.35. The molecule has 1 aromatic carbocycles. The summed E-state index contributed by atoms with van der Waals surface area (Å²) in [5.41, 5.74) is 0.169. The first kappa shape index (κ1) is 15.0. The lowest BCUT2D eigenvalue weighted by molar-refractivity contribution is -0.159. The molecule has 2 N–H and O–H groups in total. The molecule has 0 aromatic heterocycles. The SMILES string of the molecule is CC1(OCC(=O)O)CN(C(=O)Nc2cccc(I)c2)C1. The Kier molecular flexibility index (Phi) is 4.48. The van der Waals surface area contributed by atoms with Crippen LogP contribution >= 0.6 is 22.6 Å². The van der Waals surface area contributed by atoms with Gasteiger partial charge in [0, 0.05) is 9.26 Å². The van der Waals surface area contributed by atoms with E-state index in [2.05, 4.69) is 27.9 Å². The van der Waals surface area contributed by atoms with Crippen LogP contribution in [0.3, 0.4) is 0 Å². The molecular formula is C13H15IN2O4. The molecule has 2 amide bonds. The number of nitrogens with zero attached hydrogens (tertiary/aromatic N) is 1. The lowest BCUT2D eigenvalue weighted by Crippen LogP contribution is -2.64. The first-order valence-corrected chi connectivity index (χ1v) is 7.13. The maximum atomic E-state index is 12.0. The lowest BCUT2D eigenvalue weighted by atomic mass is 9.97. The molecule has 1 aliphatic heterocycles. The lowest BCUT2D eigenvalue weighted by Gasteiger charge is -2.46. The molecule has 7 heteroatoms. The van der Waals surface area contributed by atoms with Crippen molar-refractivity contribution in [3.8, 4) is 0 Å². The molecule has 1 heterocycles. The summed E-state index contributed by atoms with van der Waals surface area (Å²) < 4.78 is 6.29. The van der Waals surface area contributed by atoms with Crippen molar-refractivity contribution in [3.63, 3.8) is 0 Å². The Labute approximate surface area is 130 Å². The van der Waals surface area contributed by atoms with Crippen LogP contribution in [0.1, 0.15) is 6.92 Å². The van der Waals surface area contributed by atoms with Gasteiger partial charge in [-0.15, -0.1) is 0 Å². The molecule has 0 aliphatic carbocycles. The fraction of sp³-hybridized carbons (Fsp3) is 0.385. The summed E-state index contributed by atoms with van der Waals surface area (Å²) >= 11 is 2.17. The number of aliphatic carboxylic acids is 1. The summed E-state index contributed by atoms with van der Waals surface area (Å²) in [5, 5.41) is 11.4.